The molecule has 2 aliphatic heterocycles. The van der Waals surface area contributed by atoms with Crippen molar-refractivity contribution in [1.82, 2.24) is 4.90 Å². The second-order valence-corrected chi connectivity index (χ2v) is 12.5. The normalized spacial score (nSPS) is 25.9. The minimum atomic E-state index is -0.855. The van der Waals surface area contributed by atoms with Crippen molar-refractivity contribution < 1.29 is 28.5 Å². The van der Waals surface area contributed by atoms with Crippen LogP contribution in [0, 0.1) is 0 Å². The molecular formula is C32H45NO6. The van der Waals surface area contributed by atoms with E-state index >= 15 is 0 Å². The fourth-order valence-corrected chi connectivity index (χ4v) is 5.51. The van der Waals surface area contributed by atoms with E-state index in [0.717, 1.165) is 11.1 Å². The molecule has 2 aromatic rings. The zero-order valence-corrected chi connectivity index (χ0v) is 24.7. The number of esters is 1. The Morgan fingerprint density at radius 1 is 0.949 bits per heavy atom. The van der Waals surface area contributed by atoms with Gasteiger partial charge in [-0.1, -0.05) is 60.7 Å². The highest BCUT2D eigenvalue weighted by atomic mass is 16.8. The van der Waals surface area contributed by atoms with Crippen molar-refractivity contribution in [3.05, 3.63) is 71.8 Å². The average Bonchev–Trinajstić information content (AvgIpc) is 3.38. The topological polar surface area (TPSA) is 66.5 Å². The van der Waals surface area contributed by atoms with E-state index in [2.05, 4.69) is 36.1 Å². The van der Waals surface area contributed by atoms with Gasteiger partial charge in [-0.25, -0.2) is 0 Å². The first-order valence-electron chi connectivity index (χ1n) is 14.0. The maximum atomic E-state index is 13.4. The third-order valence-electron chi connectivity index (χ3n) is 7.15. The molecular weight excluding hydrogens is 494 g/mol. The van der Waals surface area contributed by atoms with Gasteiger partial charge in [-0.15, -0.1) is 0 Å². The highest BCUT2D eigenvalue weighted by molar-refractivity contribution is 5.70. The number of benzene rings is 2. The Morgan fingerprint density at radius 3 is 2.13 bits per heavy atom. The molecule has 5 atom stereocenters. The summed E-state index contributed by atoms with van der Waals surface area (Å²) in [4.78, 5) is 15.8. The molecule has 2 saturated heterocycles. The number of ether oxygens (including phenoxy) is 5. The maximum absolute atomic E-state index is 13.4. The van der Waals surface area contributed by atoms with E-state index < -0.39 is 29.4 Å². The first-order chi connectivity index (χ1) is 18.2. The molecule has 2 fully saturated rings. The fraction of sp³-hybridized carbons (Fsp3) is 0.594. The van der Waals surface area contributed by atoms with Gasteiger partial charge in [0.2, 0.25) is 0 Å². The molecule has 7 nitrogen and oxygen atoms in total. The van der Waals surface area contributed by atoms with Crippen LogP contribution in [0.1, 0.15) is 79.0 Å². The quantitative estimate of drug-likeness (QED) is 0.361. The number of hydrogen-bond donors (Lipinski definition) is 0. The Labute approximate surface area is 233 Å². The smallest absolute Gasteiger partial charge is 0.308 e. The number of carbonyl (C=O) groups is 1. The Morgan fingerprint density at radius 2 is 1.56 bits per heavy atom. The van der Waals surface area contributed by atoms with Gasteiger partial charge in [0.25, 0.3) is 0 Å². The molecule has 0 N–H and O–H groups in total. The summed E-state index contributed by atoms with van der Waals surface area (Å²) in [5.74, 6) is -1.85. The predicted molar refractivity (Wildman–Crippen MR) is 150 cm³/mol. The fourth-order valence-electron chi connectivity index (χ4n) is 5.51. The Balaban J connectivity index is 1.76. The summed E-state index contributed by atoms with van der Waals surface area (Å²) in [5, 5.41) is 0. The van der Waals surface area contributed by atoms with Crippen LogP contribution in [0.4, 0.5) is 0 Å². The van der Waals surface area contributed by atoms with Crippen molar-refractivity contribution in [3.8, 4) is 0 Å². The first kappa shape index (κ1) is 29.7. The molecule has 2 aliphatic rings. The van der Waals surface area contributed by atoms with Gasteiger partial charge in [0.15, 0.2) is 11.6 Å². The van der Waals surface area contributed by atoms with Crippen LogP contribution < -0.4 is 0 Å². The minimum Gasteiger partial charge on any atom is -0.460 e. The third kappa shape index (κ3) is 7.89. The number of nitrogens with zero attached hydrogens (tertiary/aromatic N) is 1. The van der Waals surface area contributed by atoms with Crippen LogP contribution in [0.15, 0.2) is 60.7 Å². The van der Waals surface area contributed by atoms with E-state index in [1.54, 1.807) is 0 Å². The van der Waals surface area contributed by atoms with Crippen LogP contribution in [0.2, 0.25) is 0 Å². The SMILES string of the molecule is C[C@H](c1ccccc1)N(Cc1ccccc1)C(CC(=O)OC(C)(C)C)[C@H]1OC(C)(C)O[C@@H]1[C@H]1COC(C)(C)O1. The van der Waals surface area contributed by atoms with Gasteiger partial charge in [0.1, 0.15) is 23.9 Å². The van der Waals surface area contributed by atoms with Crippen LogP contribution in [0.25, 0.3) is 0 Å². The van der Waals surface area contributed by atoms with E-state index in [1.165, 1.54) is 0 Å². The first-order valence-corrected chi connectivity index (χ1v) is 14.0. The summed E-state index contributed by atoms with van der Waals surface area (Å²) in [7, 11) is 0. The number of rotatable bonds is 9. The van der Waals surface area contributed by atoms with E-state index in [1.807, 2.05) is 84.9 Å². The molecule has 2 heterocycles. The van der Waals surface area contributed by atoms with Gasteiger partial charge < -0.3 is 23.7 Å². The van der Waals surface area contributed by atoms with Crippen molar-refractivity contribution in [1.29, 1.82) is 0 Å². The van der Waals surface area contributed by atoms with Gasteiger partial charge in [0, 0.05) is 12.6 Å². The molecule has 2 aromatic carbocycles. The second kappa shape index (κ2) is 11.7. The molecule has 39 heavy (non-hydrogen) atoms. The van der Waals surface area contributed by atoms with Crippen molar-refractivity contribution in [2.24, 2.45) is 0 Å². The number of carbonyl (C=O) groups excluding carboxylic acids is 1. The molecule has 7 heteroatoms. The highest BCUT2D eigenvalue weighted by Gasteiger charge is 2.54. The largest absolute Gasteiger partial charge is 0.460 e. The van der Waals surface area contributed by atoms with Gasteiger partial charge in [0.05, 0.1) is 19.1 Å². The molecule has 0 amide bonds. The molecule has 0 aromatic heterocycles. The zero-order chi connectivity index (χ0) is 28.4. The third-order valence-corrected chi connectivity index (χ3v) is 7.15. The summed E-state index contributed by atoms with van der Waals surface area (Å²) < 4.78 is 31.1. The lowest BCUT2D eigenvalue weighted by Crippen LogP contribution is -2.53. The average molecular weight is 540 g/mol. The van der Waals surface area contributed by atoms with E-state index in [4.69, 9.17) is 23.7 Å². The van der Waals surface area contributed by atoms with Gasteiger partial charge >= 0.3 is 5.97 Å². The Bertz CT molecular complexity index is 1080. The summed E-state index contributed by atoms with van der Waals surface area (Å²) >= 11 is 0. The minimum absolute atomic E-state index is 0.0241. The van der Waals surface area contributed by atoms with Gasteiger partial charge in [-0.3, -0.25) is 9.69 Å². The zero-order valence-electron chi connectivity index (χ0n) is 24.7. The summed E-state index contributed by atoms with van der Waals surface area (Å²) in [6.45, 7) is 16.5. The monoisotopic (exact) mass is 539 g/mol. The molecule has 0 bridgehead atoms. The molecule has 0 radical (unpaired) electrons. The van der Waals surface area contributed by atoms with Gasteiger partial charge in [-0.05, 0) is 66.5 Å². The standard InChI is InChI=1S/C32H45NO6/c1-22(24-17-13-10-14-18-24)33(20-23-15-11-9-12-16-23)25(19-27(34)37-30(2,3)4)28-29(39-32(7,8)38-28)26-21-35-31(5,6)36-26/h9-18,22,25-26,28-29H,19-21H2,1-8H3/t22-,25?,26-,28-,29-/m1/s1. The number of hydrogen-bond acceptors (Lipinski definition) is 7. The molecule has 0 aliphatic carbocycles. The summed E-state index contributed by atoms with van der Waals surface area (Å²) in [5.41, 5.74) is 1.69. The van der Waals surface area contributed by atoms with Crippen LogP contribution in [0.5, 0.6) is 0 Å². The molecule has 214 valence electrons. The summed E-state index contributed by atoms with van der Waals surface area (Å²) in [6, 6.07) is 20.3. The van der Waals surface area contributed by atoms with E-state index in [9.17, 15) is 4.79 Å². The Kier molecular flexibility index (Phi) is 8.89. The maximum Gasteiger partial charge on any atom is 0.308 e. The highest BCUT2D eigenvalue weighted by Crippen LogP contribution is 2.40. The van der Waals surface area contributed by atoms with Crippen molar-refractivity contribution in [2.75, 3.05) is 6.61 Å². The molecule has 0 spiro atoms. The van der Waals surface area contributed by atoms with Gasteiger partial charge in [-0.2, -0.15) is 0 Å². The van der Waals surface area contributed by atoms with Crippen molar-refractivity contribution in [3.63, 3.8) is 0 Å². The lowest BCUT2D eigenvalue weighted by Gasteiger charge is -2.41. The van der Waals surface area contributed by atoms with Crippen molar-refractivity contribution >= 4 is 5.97 Å². The Hall–Kier alpha value is -2.29. The van der Waals surface area contributed by atoms with E-state index in [0.29, 0.717) is 13.2 Å². The van der Waals surface area contributed by atoms with Crippen LogP contribution in [-0.2, 0) is 35.0 Å². The van der Waals surface area contributed by atoms with Crippen LogP contribution >= 0.6 is 0 Å². The second-order valence-electron chi connectivity index (χ2n) is 12.5. The van der Waals surface area contributed by atoms with Crippen LogP contribution in [0.3, 0.4) is 0 Å². The lowest BCUT2D eigenvalue weighted by atomic mass is 9.93. The molecule has 4 rings (SSSR count). The van der Waals surface area contributed by atoms with Crippen molar-refractivity contribution in [2.45, 2.75) is 116 Å². The summed E-state index contributed by atoms with van der Waals surface area (Å²) in [6.07, 6.45) is -1.10. The predicted octanol–water partition coefficient (Wildman–Crippen LogP) is 6.02. The van der Waals surface area contributed by atoms with Crippen LogP contribution in [-0.4, -0.2) is 59.0 Å². The lowest BCUT2D eigenvalue weighted by molar-refractivity contribution is -0.175. The molecule has 1 unspecified atom stereocenters. The van der Waals surface area contributed by atoms with E-state index in [-0.39, 0.29) is 30.6 Å². The molecule has 0 saturated carbocycles.